The van der Waals surface area contributed by atoms with Gasteiger partial charge in [0.05, 0.1) is 16.7 Å². The molecule has 2 amide bonds. The van der Waals surface area contributed by atoms with Gasteiger partial charge in [-0.25, -0.2) is 13.2 Å². The highest BCUT2D eigenvalue weighted by molar-refractivity contribution is 5.96. The minimum absolute atomic E-state index is 0.139. The Morgan fingerprint density at radius 1 is 0.780 bits per heavy atom. The van der Waals surface area contributed by atoms with E-state index in [9.17, 15) is 44.7 Å². The van der Waals surface area contributed by atoms with Gasteiger partial charge in [0, 0.05) is 24.6 Å². The number of amides is 2. The largest absolute Gasteiger partial charge is 0.461 e. The summed E-state index contributed by atoms with van der Waals surface area (Å²) in [5, 5.41) is 4.98. The Bertz CT molecular complexity index is 1830. The van der Waals surface area contributed by atoms with Gasteiger partial charge < -0.3 is 15.4 Å². The van der Waals surface area contributed by atoms with Gasteiger partial charge in [0.2, 0.25) is 0 Å². The zero-order chi connectivity index (χ0) is 36.9. The summed E-state index contributed by atoms with van der Waals surface area (Å²) < 4.78 is 143. The van der Waals surface area contributed by atoms with Crippen LogP contribution in [0.2, 0.25) is 0 Å². The Balaban J connectivity index is 2.02. The lowest BCUT2D eigenvalue weighted by atomic mass is 9.77. The highest BCUT2D eigenvalue weighted by Crippen LogP contribution is 2.39. The molecule has 50 heavy (non-hydrogen) atoms. The number of carbonyl (C=O) groups excluding carboxylic acids is 2. The Kier molecular flexibility index (Phi) is 11.5. The molecule has 1 unspecified atom stereocenters. The van der Waals surface area contributed by atoms with Crippen LogP contribution in [0, 0.1) is 17.5 Å². The molecule has 0 aliphatic heterocycles. The molecule has 15 heteroatoms. The summed E-state index contributed by atoms with van der Waals surface area (Å²) in [5.74, 6) is -7.47. The van der Waals surface area contributed by atoms with Crippen molar-refractivity contribution in [2.45, 2.75) is 50.4 Å². The number of benzene rings is 4. The number of rotatable bonds is 13. The lowest BCUT2D eigenvalue weighted by Crippen LogP contribution is -2.49. The van der Waals surface area contributed by atoms with Crippen LogP contribution in [0.5, 0.6) is 5.75 Å². The predicted molar refractivity (Wildman–Crippen MR) is 161 cm³/mol. The van der Waals surface area contributed by atoms with E-state index in [1.54, 1.807) is 6.07 Å². The number of nitrogens with one attached hydrogen (secondary N) is 2. The number of carbonyl (C=O) groups is 2. The van der Waals surface area contributed by atoms with Gasteiger partial charge in [-0.3, -0.25) is 9.59 Å². The van der Waals surface area contributed by atoms with Crippen LogP contribution >= 0.6 is 0 Å². The number of hydrogen-bond acceptors (Lipinski definition) is 3. The molecule has 0 saturated carbocycles. The van der Waals surface area contributed by atoms with E-state index >= 15 is 8.78 Å². The molecule has 0 radical (unpaired) electrons. The summed E-state index contributed by atoms with van der Waals surface area (Å²) in [5.41, 5.74) is -5.80. The standard InChI is InChI=1S/C35H28F10N2O3/c1-2-3-13-46-31(49)26-17-22(10-12-28(26)37)33(19-20-7-5-4-6-8-20,23-15-24(36)18-25(16-23)50-35(44,45)32(39)40)47-30(48)21-9-11-29(38)27(14-21)34(41,42)43/h4-12,14-18,32H,2-3,13,19H2,1H3,(H,46,49)(H,47,48). The van der Waals surface area contributed by atoms with Gasteiger partial charge in [-0.2, -0.15) is 30.7 Å². The quantitative estimate of drug-likeness (QED) is 0.108. The van der Waals surface area contributed by atoms with Gasteiger partial charge >= 0.3 is 18.7 Å². The van der Waals surface area contributed by atoms with Crippen molar-refractivity contribution in [3.8, 4) is 5.75 Å². The molecule has 0 aromatic heterocycles. The lowest BCUT2D eigenvalue weighted by molar-refractivity contribution is -0.253. The third-order valence-corrected chi connectivity index (χ3v) is 7.56. The number of ether oxygens (including phenoxy) is 1. The first-order valence-corrected chi connectivity index (χ1v) is 14.9. The molecule has 0 aliphatic carbocycles. The van der Waals surface area contributed by atoms with E-state index in [1.165, 1.54) is 24.3 Å². The molecule has 0 spiro atoms. The smallest absolute Gasteiger partial charge is 0.428 e. The first-order chi connectivity index (χ1) is 23.5. The summed E-state index contributed by atoms with van der Waals surface area (Å²) in [6.45, 7) is 1.97. The summed E-state index contributed by atoms with van der Waals surface area (Å²) in [4.78, 5) is 26.9. The molecule has 0 heterocycles. The second kappa shape index (κ2) is 15.2. The molecule has 0 bridgehead atoms. The van der Waals surface area contributed by atoms with Crippen LogP contribution in [0.4, 0.5) is 43.9 Å². The first kappa shape index (κ1) is 37.7. The zero-order valence-electron chi connectivity index (χ0n) is 26.0. The van der Waals surface area contributed by atoms with Crippen LogP contribution in [-0.4, -0.2) is 30.9 Å². The van der Waals surface area contributed by atoms with Gasteiger partial charge in [0.15, 0.2) is 0 Å². The molecule has 0 saturated heterocycles. The van der Waals surface area contributed by atoms with Crippen molar-refractivity contribution in [3.05, 3.63) is 136 Å². The fourth-order valence-electron chi connectivity index (χ4n) is 5.12. The van der Waals surface area contributed by atoms with E-state index in [4.69, 9.17) is 0 Å². The van der Waals surface area contributed by atoms with E-state index in [-0.39, 0.29) is 18.2 Å². The molecule has 1 atom stereocenters. The maximum atomic E-state index is 15.2. The SMILES string of the molecule is CCCCNC(=O)c1cc(C(Cc2ccccc2)(NC(=O)c2ccc(F)c(C(F)(F)F)c2)c2cc(F)cc(OC(F)(F)C(F)F)c2)ccc1F. The summed E-state index contributed by atoms with van der Waals surface area (Å²) >= 11 is 0. The minimum atomic E-state index is -5.23. The van der Waals surface area contributed by atoms with Crippen molar-refractivity contribution in [1.82, 2.24) is 10.6 Å². The average molecular weight is 715 g/mol. The van der Waals surface area contributed by atoms with Crippen LogP contribution in [-0.2, 0) is 18.1 Å². The van der Waals surface area contributed by atoms with Crippen molar-refractivity contribution < 1.29 is 58.2 Å². The second-order valence-electron chi connectivity index (χ2n) is 11.2. The Hall–Kier alpha value is -5.08. The lowest BCUT2D eigenvalue weighted by Gasteiger charge is -2.37. The zero-order valence-corrected chi connectivity index (χ0v) is 26.0. The van der Waals surface area contributed by atoms with Crippen LogP contribution in [0.15, 0.2) is 84.9 Å². The van der Waals surface area contributed by atoms with Gasteiger partial charge in [0.25, 0.3) is 11.8 Å². The van der Waals surface area contributed by atoms with Crippen LogP contribution < -0.4 is 15.4 Å². The van der Waals surface area contributed by atoms with Crippen molar-refractivity contribution in [2.24, 2.45) is 0 Å². The Labute approximate surface area is 279 Å². The monoisotopic (exact) mass is 714 g/mol. The molecule has 4 aromatic rings. The maximum Gasteiger partial charge on any atom is 0.461 e. The van der Waals surface area contributed by atoms with E-state index in [2.05, 4.69) is 15.4 Å². The molecule has 4 rings (SSSR count). The fraction of sp³-hybridized carbons (Fsp3) is 0.257. The Morgan fingerprint density at radius 2 is 1.46 bits per heavy atom. The topological polar surface area (TPSA) is 67.4 Å². The molecule has 0 aliphatic rings. The summed E-state index contributed by atoms with van der Waals surface area (Å²) in [6, 6.07) is 13.5. The average Bonchev–Trinajstić information content (AvgIpc) is 3.04. The van der Waals surface area contributed by atoms with Crippen LogP contribution in [0.1, 0.15) is 62.7 Å². The number of halogens is 10. The van der Waals surface area contributed by atoms with E-state index in [0.717, 1.165) is 18.2 Å². The third kappa shape index (κ3) is 8.74. The number of hydrogen-bond donors (Lipinski definition) is 2. The van der Waals surface area contributed by atoms with Gasteiger partial charge in [-0.05, 0) is 65.6 Å². The van der Waals surface area contributed by atoms with Gasteiger partial charge in [0.1, 0.15) is 23.2 Å². The van der Waals surface area contributed by atoms with E-state index < -0.39 is 87.9 Å². The van der Waals surface area contributed by atoms with Gasteiger partial charge in [-0.1, -0.05) is 49.7 Å². The highest BCUT2D eigenvalue weighted by Gasteiger charge is 2.45. The summed E-state index contributed by atoms with van der Waals surface area (Å²) in [6.07, 6.45) is -14.0. The molecule has 2 N–H and O–H groups in total. The molecule has 266 valence electrons. The maximum absolute atomic E-state index is 15.2. The van der Waals surface area contributed by atoms with Crippen molar-refractivity contribution in [2.75, 3.05) is 6.54 Å². The van der Waals surface area contributed by atoms with Crippen LogP contribution in [0.25, 0.3) is 0 Å². The predicted octanol–water partition coefficient (Wildman–Crippen LogP) is 8.81. The molecule has 5 nitrogen and oxygen atoms in total. The molecular formula is C35H28F10N2O3. The van der Waals surface area contributed by atoms with Crippen molar-refractivity contribution >= 4 is 11.8 Å². The van der Waals surface area contributed by atoms with Crippen molar-refractivity contribution in [1.29, 1.82) is 0 Å². The fourth-order valence-corrected chi connectivity index (χ4v) is 5.12. The Morgan fingerprint density at radius 3 is 2.10 bits per heavy atom. The van der Waals surface area contributed by atoms with Crippen LogP contribution in [0.3, 0.4) is 0 Å². The highest BCUT2D eigenvalue weighted by atomic mass is 19.4. The second-order valence-corrected chi connectivity index (χ2v) is 11.2. The molecular weight excluding hydrogens is 686 g/mol. The summed E-state index contributed by atoms with van der Waals surface area (Å²) in [7, 11) is 0. The first-order valence-electron chi connectivity index (χ1n) is 14.9. The van der Waals surface area contributed by atoms with Crippen molar-refractivity contribution in [3.63, 3.8) is 0 Å². The third-order valence-electron chi connectivity index (χ3n) is 7.56. The number of alkyl halides is 7. The number of unbranched alkanes of at least 4 members (excludes halogenated alkanes) is 1. The normalized spacial score (nSPS) is 13.1. The van der Waals surface area contributed by atoms with Gasteiger partial charge in [-0.15, -0.1) is 0 Å². The minimum Gasteiger partial charge on any atom is -0.428 e. The molecule has 0 fully saturated rings. The van der Waals surface area contributed by atoms with E-state index in [1.807, 2.05) is 6.92 Å². The molecule has 4 aromatic carbocycles. The van der Waals surface area contributed by atoms with E-state index in [0.29, 0.717) is 48.7 Å².